The number of amides is 2. The third kappa shape index (κ3) is 4.38. The highest BCUT2D eigenvalue weighted by molar-refractivity contribution is 6.00. The van der Waals surface area contributed by atoms with Gasteiger partial charge in [0.25, 0.3) is 0 Å². The lowest BCUT2D eigenvalue weighted by Crippen LogP contribution is -2.34. The van der Waals surface area contributed by atoms with Crippen molar-refractivity contribution in [2.24, 2.45) is 5.92 Å². The number of nitrogens with one attached hydrogen (secondary N) is 1. The van der Waals surface area contributed by atoms with Crippen molar-refractivity contribution in [3.63, 3.8) is 0 Å². The van der Waals surface area contributed by atoms with Gasteiger partial charge in [-0.3, -0.25) is 0 Å². The number of urea groups is 1. The molecule has 0 saturated heterocycles. The molecule has 1 atom stereocenters. The van der Waals surface area contributed by atoms with Gasteiger partial charge in [-0.15, -0.1) is 0 Å². The first-order valence-electron chi connectivity index (χ1n) is 6.22. The minimum Gasteiger partial charge on any atom is -0.497 e. The Morgan fingerprint density at radius 2 is 2.19 bits per heavy atom. The van der Waals surface area contributed by atoms with Crippen molar-refractivity contribution in [1.29, 1.82) is 5.26 Å². The largest absolute Gasteiger partial charge is 0.497 e. The highest BCUT2D eigenvalue weighted by Gasteiger charge is 2.17. The lowest BCUT2D eigenvalue weighted by Gasteiger charge is -2.19. The monoisotopic (exact) mass is 291 g/mol. The summed E-state index contributed by atoms with van der Waals surface area (Å²) in [5.74, 6) is -1.09. The number of nitriles is 1. The first-order chi connectivity index (χ1) is 9.88. The maximum atomic E-state index is 12.0. The number of nitrogens with zero attached hydrogens (tertiary/aromatic N) is 2. The number of hydrogen-bond donors (Lipinski definition) is 2. The standard InChI is InChI=1S/C14H17N3O4/c1-9(7-15)8-17(2)14(20)16-12-5-4-10(21-3)6-11(12)13(18)19/h4-6,9H,8H2,1-3H3,(H,16,20)(H,18,19). The molecule has 1 unspecified atom stereocenters. The van der Waals surface area contributed by atoms with Crippen LogP contribution in [-0.2, 0) is 0 Å². The average Bonchev–Trinajstić information content (AvgIpc) is 2.46. The predicted octanol–water partition coefficient (Wildman–Crippen LogP) is 2.02. The van der Waals surface area contributed by atoms with Crippen molar-refractivity contribution < 1.29 is 19.4 Å². The first kappa shape index (κ1) is 16.3. The van der Waals surface area contributed by atoms with Gasteiger partial charge in [0.1, 0.15) is 5.75 Å². The minimum absolute atomic E-state index is 0.0653. The first-order valence-corrected chi connectivity index (χ1v) is 6.22. The fraction of sp³-hybridized carbons (Fsp3) is 0.357. The number of ether oxygens (including phenoxy) is 1. The summed E-state index contributed by atoms with van der Waals surface area (Å²) in [4.78, 5) is 24.5. The van der Waals surface area contributed by atoms with E-state index in [-0.39, 0.29) is 23.7 Å². The summed E-state index contributed by atoms with van der Waals surface area (Å²) in [6, 6.07) is 5.89. The molecule has 1 aromatic carbocycles. The predicted molar refractivity (Wildman–Crippen MR) is 76.4 cm³/mol. The Morgan fingerprint density at radius 1 is 1.52 bits per heavy atom. The van der Waals surface area contributed by atoms with E-state index in [4.69, 9.17) is 15.1 Å². The Balaban J connectivity index is 2.90. The molecule has 7 nitrogen and oxygen atoms in total. The van der Waals surface area contributed by atoms with Crippen molar-refractivity contribution in [2.75, 3.05) is 26.0 Å². The molecule has 2 N–H and O–H groups in total. The molecular weight excluding hydrogens is 274 g/mol. The number of anilines is 1. The molecule has 1 rings (SSSR count). The molecular formula is C14H17N3O4. The van der Waals surface area contributed by atoms with E-state index in [1.165, 1.54) is 31.2 Å². The van der Waals surface area contributed by atoms with Crippen molar-refractivity contribution >= 4 is 17.7 Å². The molecule has 0 aliphatic carbocycles. The van der Waals surface area contributed by atoms with E-state index in [1.807, 2.05) is 6.07 Å². The molecule has 7 heteroatoms. The lowest BCUT2D eigenvalue weighted by atomic mass is 10.1. The van der Waals surface area contributed by atoms with Crippen molar-refractivity contribution in [1.82, 2.24) is 4.90 Å². The molecule has 0 saturated carbocycles. The Hall–Kier alpha value is -2.75. The van der Waals surface area contributed by atoms with Gasteiger partial charge in [0.15, 0.2) is 0 Å². The quantitative estimate of drug-likeness (QED) is 0.863. The van der Waals surface area contributed by atoms with Gasteiger partial charge in [-0.05, 0) is 25.1 Å². The van der Waals surface area contributed by atoms with Gasteiger partial charge in [-0.1, -0.05) is 0 Å². The Labute approximate surface area is 122 Å². The molecule has 0 heterocycles. The SMILES string of the molecule is COc1ccc(NC(=O)N(C)CC(C)C#N)c(C(=O)O)c1. The molecule has 112 valence electrons. The van der Waals surface area contributed by atoms with Gasteiger partial charge in [0.05, 0.1) is 30.3 Å². The Bertz CT molecular complexity index is 580. The van der Waals surface area contributed by atoms with E-state index in [9.17, 15) is 9.59 Å². The van der Waals surface area contributed by atoms with Crippen LogP contribution in [0.15, 0.2) is 18.2 Å². The van der Waals surface area contributed by atoms with Crippen LogP contribution in [0.5, 0.6) is 5.75 Å². The van der Waals surface area contributed by atoms with E-state index < -0.39 is 12.0 Å². The minimum atomic E-state index is -1.17. The van der Waals surface area contributed by atoms with Gasteiger partial charge < -0.3 is 20.1 Å². The van der Waals surface area contributed by atoms with Crippen molar-refractivity contribution in [2.45, 2.75) is 6.92 Å². The van der Waals surface area contributed by atoms with Gasteiger partial charge in [0.2, 0.25) is 0 Å². The summed E-state index contributed by atoms with van der Waals surface area (Å²) in [5, 5.41) is 20.4. The van der Waals surface area contributed by atoms with Crippen molar-refractivity contribution in [3.8, 4) is 11.8 Å². The fourth-order valence-electron chi connectivity index (χ4n) is 1.68. The van der Waals surface area contributed by atoms with E-state index in [1.54, 1.807) is 13.0 Å². The average molecular weight is 291 g/mol. The van der Waals surface area contributed by atoms with Crippen LogP contribution in [0.1, 0.15) is 17.3 Å². The number of carbonyl (C=O) groups is 2. The summed E-state index contributed by atoms with van der Waals surface area (Å²) < 4.78 is 4.96. The topological polar surface area (TPSA) is 103 Å². The molecule has 2 amide bonds. The Morgan fingerprint density at radius 3 is 2.71 bits per heavy atom. The van der Waals surface area contributed by atoms with Crippen LogP contribution < -0.4 is 10.1 Å². The molecule has 0 radical (unpaired) electrons. The summed E-state index contributed by atoms with van der Waals surface area (Å²) >= 11 is 0. The number of methoxy groups -OCH3 is 1. The maximum absolute atomic E-state index is 12.0. The maximum Gasteiger partial charge on any atom is 0.337 e. The number of rotatable bonds is 5. The van der Waals surface area contributed by atoms with Crippen LogP contribution in [0.25, 0.3) is 0 Å². The smallest absolute Gasteiger partial charge is 0.337 e. The van der Waals surface area contributed by atoms with Gasteiger partial charge >= 0.3 is 12.0 Å². The zero-order valence-electron chi connectivity index (χ0n) is 12.1. The van der Waals surface area contributed by atoms with Crippen LogP contribution in [-0.4, -0.2) is 42.7 Å². The van der Waals surface area contributed by atoms with E-state index in [2.05, 4.69) is 5.32 Å². The zero-order chi connectivity index (χ0) is 16.0. The van der Waals surface area contributed by atoms with Crippen molar-refractivity contribution in [3.05, 3.63) is 23.8 Å². The summed E-state index contributed by atoms with van der Waals surface area (Å²) in [6.45, 7) is 1.95. The molecule has 0 fully saturated rings. The number of benzene rings is 1. The van der Waals surface area contributed by atoms with Gasteiger partial charge in [-0.2, -0.15) is 5.26 Å². The van der Waals surface area contributed by atoms with E-state index in [0.717, 1.165) is 0 Å². The number of carbonyl (C=O) groups excluding carboxylic acids is 1. The molecule has 0 aliphatic rings. The Kier molecular flexibility index (Phi) is 5.55. The van der Waals surface area contributed by atoms with E-state index >= 15 is 0 Å². The number of carboxylic acid groups (broad SMARTS) is 1. The molecule has 0 aromatic heterocycles. The number of hydrogen-bond acceptors (Lipinski definition) is 4. The number of carboxylic acids is 1. The third-order valence-electron chi connectivity index (χ3n) is 2.81. The second-order valence-corrected chi connectivity index (χ2v) is 4.56. The lowest BCUT2D eigenvalue weighted by molar-refractivity contribution is 0.0697. The van der Waals surface area contributed by atoms with Gasteiger partial charge in [-0.25, -0.2) is 9.59 Å². The highest BCUT2D eigenvalue weighted by Crippen LogP contribution is 2.22. The zero-order valence-corrected chi connectivity index (χ0v) is 12.1. The molecule has 0 bridgehead atoms. The molecule has 1 aromatic rings. The highest BCUT2D eigenvalue weighted by atomic mass is 16.5. The summed E-state index contributed by atoms with van der Waals surface area (Å²) in [5.41, 5.74) is 0.106. The molecule has 21 heavy (non-hydrogen) atoms. The molecule has 0 spiro atoms. The molecule has 0 aliphatic heterocycles. The fourth-order valence-corrected chi connectivity index (χ4v) is 1.68. The second-order valence-electron chi connectivity index (χ2n) is 4.56. The van der Waals surface area contributed by atoms with Crippen LogP contribution in [0.2, 0.25) is 0 Å². The van der Waals surface area contributed by atoms with Crippen LogP contribution >= 0.6 is 0 Å². The van der Waals surface area contributed by atoms with Crippen LogP contribution in [0, 0.1) is 17.2 Å². The van der Waals surface area contributed by atoms with Crippen LogP contribution in [0.4, 0.5) is 10.5 Å². The number of aromatic carboxylic acids is 1. The third-order valence-corrected chi connectivity index (χ3v) is 2.81. The summed E-state index contributed by atoms with van der Waals surface area (Å²) in [7, 11) is 2.96. The normalized spacial score (nSPS) is 11.1. The van der Waals surface area contributed by atoms with Gasteiger partial charge in [0, 0.05) is 13.6 Å². The second kappa shape index (κ2) is 7.14. The summed E-state index contributed by atoms with van der Waals surface area (Å²) in [6.07, 6.45) is 0. The van der Waals surface area contributed by atoms with E-state index in [0.29, 0.717) is 5.75 Å². The van der Waals surface area contributed by atoms with Crippen LogP contribution in [0.3, 0.4) is 0 Å².